The van der Waals surface area contributed by atoms with Gasteiger partial charge in [0.25, 0.3) is 11.8 Å². The number of hydrogen-bond acceptors (Lipinski definition) is 5. The van der Waals surface area contributed by atoms with Crippen molar-refractivity contribution in [3.05, 3.63) is 40.3 Å². The summed E-state index contributed by atoms with van der Waals surface area (Å²) in [6.07, 6.45) is 7.27. The molecule has 0 aliphatic carbocycles. The highest BCUT2D eigenvalue weighted by Gasteiger charge is 2.15. The predicted octanol–water partition coefficient (Wildman–Crippen LogP) is 4.61. The van der Waals surface area contributed by atoms with Gasteiger partial charge in [0.15, 0.2) is 5.75 Å². The van der Waals surface area contributed by atoms with Gasteiger partial charge in [-0.05, 0) is 6.42 Å². The van der Waals surface area contributed by atoms with Crippen LogP contribution in [0.15, 0.2) is 24.7 Å². The van der Waals surface area contributed by atoms with Crippen LogP contribution in [-0.2, 0) is 0 Å². The predicted molar refractivity (Wildman–Crippen MR) is 98.0 cm³/mol. The maximum atomic E-state index is 12.5. The van der Waals surface area contributed by atoms with E-state index in [9.17, 15) is 4.79 Å². The van der Waals surface area contributed by atoms with Crippen LogP contribution < -0.4 is 14.8 Å². The Morgan fingerprint density at radius 3 is 2.56 bits per heavy atom. The Labute approximate surface area is 156 Å². The fourth-order valence-corrected chi connectivity index (χ4v) is 2.52. The third-order valence-corrected chi connectivity index (χ3v) is 3.94. The van der Waals surface area contributed by atoms with Gasteiger partial charge in [-0.2, -0.15) is 0 Å². The number of pyridine rings is 2. The number of aromatic nitrogens is 2. The molecule has 0 spiro atoms. The van der Waals surface area contributed by atoms with Crippen LogP contribution in [0.4, 0.5) is 5.69 Å². The molecule has 2 aromatic heterocycles. The average molecular weight is 384 g/mol. The maximum absolute atomic E-state index is 12.5. The zero-order valence-electron chi connectivity index (χ0n) is 14.0. The molecule has 8 heteroatoms. The normalized spacial score (nSPS) is 10.4. The Morgan fingerprint density at radius 2 is 1.92 bits per heavy atom. The molecule has 1 amide bonds. The van der Waals surface area contributed by atoms with Crippen LogP contribution in [0.1, 0.15) is 36.5 Å². The first-order valence-electron chi connectivity index (χ1n) is 7.84. The fraction of sp³-hybridized carbons (Fsp3) is 0.353. The summed E-state index contributed by atoms with van der Waals surface area (Å²) in [5, 5.41) is 3.15. The van der Waals surface area contributed by atoms with Crippen LogP contribution in [0.3, 0.4) is 0 Å². The molecule has 0 saturated heterocycles. The number of anilines is 1. The minimum absolute atomic E-state index is 0.248. The van der Waals surface area contributed by atoms with Gasteiger partial charge in [0, 0.05) is 24.7 Å². The molecular weight excluding hydrogens is 365 g/mol. The van der Waals surface area contributed by atoms with E-state index in [1.807, 2.05) is 0 Å². The minimum Gasteiger partial charge on any atom is -0.488 e. The summed E-state index contributed by atoms with van der Waals surface area (Å²) in [5.74, 6) is 0.328. The monoisotopic (exact) mass is 383 g/mol. The molecule has 0 unspecified atom stereocenters. The summed E-state index contributed by atoms with van der Waals surface area (Å²) in [6, 6.07) is 1.58. The van der Waals surface area contributed by atoms with Crippen molar-refractivity contribution in [1.29, 1.82) is 0 Å². The molecule has 0 radical (unpaired) electrons. The van der Waals surface area contributed by atoms with Gasteiger partial charge in [0.2, 0.25) is 0 Å². The van der Waals surface area contributed by atoms with Crippen molar-refractivity contribution in [2.75, 3.05) is 19.0 Å². The van der Waals surface area contributed by atoms with Gasteiger partial charge in [-0.3, -0.25) is 9.78 Å². The molecule has 0 aromatic carbocycles. The number of unbranched alkanes of at least 4 members (excludes halogenated alkanes) is 2. The first-order valence-corrected chi connectivity index (χ1v) is 8.59. The Morgan fingerprint density at radius 1 is 1.20 bits per heavy atom. The zero-order valence-corrected chi connectivity index (χ0v) is 15.5. The number of halogens is 2. The molecular formula is C17H19Cl2N3O3. The third kappa shape index (κ3) is 5.21. The lowest BCUT2D eigenvalue weighted by Crippen LogP contribution is -2.14. The first-order chi connectivity index (χ1) is 12.1. The van der Waals surface area contributed by atoms with Gasteiger partial charge in [-0.1, -0.05) is 43.0 Å². The van der Waals surface area contributed by atoms with Gasteiger partial charge < -0.3 is 14.8 Å². The minimum atomic E-state index is -0.413. The second kappa shape index (κ2) is 9.44. The van der Waals surface area contributed by atoms with E-state index in [1.165, 1.54) is 25.7 Å². The Bertz CT molecular complexity index is 721. The van der Waals surface area contributed by atoms with E-state index in [0.29, 0.717) is 29.5 Å². The number of nitrogens with zero attached hydrogens (tertiary/aromatic N) is 2. The zero-order chi connectivity index (χ0) is 18.2. The quantitative estimate of drug-likeness (QED) is 0.673. The van der Waals surface area contributed by atoms with Crippen LogP contribution in [-0.4, -0.2) is 29.6 Å². The van der Waals surface area contributed by atoms with Gasteiger partial charge in [0.05, 0.1) is 35.0 Å². The van der Waals surface area contributed by atoms with E-state index in [4.69, 9.17) is 32.7 Å². The molecule has 0 bridgehead atoms. The number of rotatable bonds is 8. The van der Waals surface area contributed by atoms with E-state index in [0.717, 1.165) is 19.3 Å². The summed E-state index contributed by atoms with van der Waals surface area (Å²) in [7, 11) is 1.50. The van der Waals surface area contributed by atoms with Gasteiger partial charge in [-0.25, -0.2) is 4.98 Å². The SMILES string of the molecule is CCCCCOc1cc(C(=O)Nc2c(Cl)cncc2Cl)cnc1OC. The lowest BCUT2D eigenvalue weighted by Gasteiger charge is -2.12. The lowest BCUT2D eigenvalue weighted by atomic mass is 10.2. The van der Waals surface area contributed by atoms with Crippen molar-refractivity contribution in [3.63, 3.8) is 0 Å². The van der Waals surface area contributed by atoms with E-state index in [1.54, 1.807) is 6.07 Å². The highest BCUT2D eigenvalue weighted by atomic mass is 35.5. The van der Waals surface area contributed by atoms with Crippen LogP contribution in [0.25, 0.3) is 0 Å². The van der Waals surface area contributed by atoms with Gasteiger partial charge >= 0.3 is 0 Å². The van der Waals surface area contributed by atoms with Crippen LogP contribution in [0.2, 0.25) is 10.0 Å². The van der Waals surface area contributed by atoms with Crippen molar-refractivity contribution >= 4 is 34.8 Å². The smallest absolute Gasteiger partial charge is 0.257 e. The lowest BCUT2D eigenvalue weighted by molar-refractivity contribution is 0.102. The van der Waals surface area contributed by atoms with Crippen LogP contribution in [0.5, 0.6) is 11.6 Å². The topological polar surface area (TPSA) is 73.3 Å². The van der Waals surface area contributed by atoms with Crippen LogP contribution >= 0.6 is 23.2 Å². The summed E-state index contributed by atoms with van der Waals surface area (Å²) in [6.45, 7) is 2.64. The Kier molecular flexibility index (Phi) is 7.28. The summed E-state index contributed by atoms with van der Waals surface area (Å²) in [4.78, 5) is 20.4. The molecule has 1 N–H and O–H groups in total. The molecule has 0 saturated carbocycles. The molecule has 0 atom stereocenters. The highest BCUT2D eigenvalue weighted by molar-refractivity contribution is 6.39. The molecule has 0 aliphatic rings. The Hall–Kier alpha value is -2.05. The average Bonchev–Trinajstić information content (AvgIpc) is 2.61. The van der Waals surface area contributed by atoms with E-state index < -0.39 is 5.91 Å². The van der Waals surface area contributed by atoms with E-state index in [2.05, 4.69) is 22.2 Å². The number of amides is 1. The molecule has 2 rings (SSSR count). The number of nitrogens with one attached hydrogen (secondary N) is 1. The largest absolute Gasteiger partial charge is 0.488 e. The van der Waals surface area contributed by atoms with Crippen molar-refractivity contribution in [2.24, 2.45) is 0 Å². The first kappa shape index (κ1) is 19.3. The van der Waals surface area contributed by atoms with E-state index in [-0.39, 0.29) is 10.0 Å². The maximum Gasteiger partial charge on any atom is 0.257 e. The molecule has 0 fully saturated rings. The molecule has 0 aliphatic heterocycles. The number of methoxy groups -OCH3 is 1. The van der Waals surface area contributed by atoms with Gasteiger partial charge in [-0.15, -0.1) is 0 Å². The fourth-order valence-electron chi connectivity index (χ4n) is 2.06. The van der Waals surface area contributed by atoms with Gasteiger partial charge in [0.1, 0.15) is 0 Å². The summed E-state index contributed by atoms with van der Waals surface area (Å²) < 4.78 is 10.9. The molecule has 2 heterocycles. The summed E-state index contributed by atoms with van der Waals surface area (Å²) in [5.41, 5.74) is 0.597. The van der Waals surface area contributed by atoms with Crippen molar-refractivity contribution in [1.82, 2.24) is 9.97 Å². The molecule has 25 heavy (non-hydrogen) atoms. The molecule has 2 aromatic rings. The number of carbonyl (C=O) groups is 1. The molecule has 6 nitrogen and oxygen atoms in total. The highest BCUT2D eigenvalue weighted by Crippen LogP contribution is 2.30. The van der Waals surface area contributed by atoms with Crippen molar-refractivity contribution in [3.8, 4) is 11.6 Å². The standard InChI is InChI=1S/C17H19Cl2N3O3/c1-3-4-5-6-25-14-7-11(8-21-17(14)24-2)16(23)22-15-12(18)9-20-10-13(15)19/h7-10H,3-6H2,1-2H3,(H,20,22,23). The Balaban J connectivity index is 2.16. The number of hydrogen-bond donors (Lipinski definition) is 1. The third-order valence-electron chi connectivity index (χ3n) is 3.37. The second-order valence-corrected chi connectivity index (χ2v) is 6.03. The number of ether oxygens (including phenoxy) is 2. The van der Waals surface area contributed by atoms with Crippen molar-refractivity contribution < 1.29 is 14.3 Å². The van der Waals surface area contributed by atoms with E-state index >= 15 is 0 Å². The second-order valence-electron chi connectivity index (χ2n) is 5.22. The van der Waals surface area contributed by atoms with Crippen LogP contribution in [0, 0.1) is 0 Å². The molecule has 134 valence electrons. The van der Waals surface area contributed by atoms with Crippen molar-refractivity contribution in [2.45, 2.75) is 26.2 Å². The number of carbonyl (C=O) groups excluding carboxylic acids is 1. The summed E-state index contributed by atoms with van der Waals surface area (Å²) >= 11 is 12.0.